The molecule has 0 saturated carbocycles. The Morgan fingerprint density at radius 1 is 1.04 bits per heavy atom. The van der Waals surface area contributed by atoms with Gasteiger partial charge in [-0.05, 0) is 12.1 Å². The largest absolute Gasteiger partial charge is 0.480 e. The van der Waals surface area contributed by atoms with Crippen molar-refractivity contribution in [1.29, 1.82) is 0 Å². The minimum Gasteiger partial charge on any atom is -0.480 e. The van der Waals surface area contributed by atoms with Gasteiger partial charge in [-0.1, -0.05) is 18.2 Å². The number of nitrogen functional groups attached to an aromatic ring is 1. The van der Waals surface area contributed by atoms with Crippen LogP contribution in [0.5, 0.6) is 0 Å². The standard InChI is InChI=1S/C15H16N4O4/c16-11-3-1-2-9-4-5-10(19-15(9)11)6-12(20)17-7-13(21)18-8-14(22)23/h1-5H,6-8,16H2,(H,17,20)(H,18,21)(H,22,23). The van der Waals surface area contributed by atoms with Gasteiger partial charge in [-0.2, -0.15) is 0 Å². The average molecular weight is 316 g/mol. The van der Waals surface area contributed by atoms with Crippen LogP contribution >= 0.6 is 0 Å². The van der Waals surface area contributed by atoms with Crippen LogP contribution in [0.15, 0.2) is 30.3 Å². The van der Waals surface area contributed by atoms with Gasteiger partial charge in [0.15, 0.2) is 0 Å². The molecule has 8 nitrogen and oxygen atoms in total. The number of amides is 2. The molecular formula is C15H16N4O4. The zero-order chi connectivity index (χ0) is 16.8. The third-order valence-corrected chi connectivity index (χ3v) is 3.03. The van der Waals surface area contributed by atoms with E-state index in [2.05, 4.69) is 15.6 Å². The molecule has 120 valence electrons. The topological polar surface area (TPSA) is 134 Å². The number of aromatic nitrogens is 1. The molecule has 0 radical (unpaired) electrons. The Morgan fingerprint density at radius 2 is 1.78 bits per heavy atom. The number of aliphatic carboxylic acids is 1. The van der Waals surface area contributed by atoms with Gasteiger partial charge in [-0.25, -0.2) is 0 Å². The molecule has 0 aliphatic carbocycles. The Kier molecular flexibility index (Phi) is 5.08. The summed E-state index contributed by atoms with van der Waals surface area (Å²) in [6, 6.07) is 8.95. The predicted octanol–water partition coefficient (Wildman–Crippen LogP) is -0.323. The Labute approximate surface area is 131 Å². The Bertz CT molecular complexity index is 760. The highest BCUT2D eigenvalue weighted by molar-refractivity contribution is 5.90. The van der Waals surface area contributed by atoms with Gasteiger partial charge in [0.1, 0.15) is 6.54 Å². The summed E-state index contributed by atoms with van der Waals surface area (Å²) in [6.07, 6.45) is -0.00349. The highest BCUT2D eigenvalue weighted by Gasteiger charge is 2.09. The zero-order valence-electron chi connectivity index (χ0n) is 12.2. The van der Waals surface area contributed by atoms with Crippen LogP contribution in [0.4, 0.5) is 5.69 Å². The molecule has 23 heavy (non-hydrogen) atoms. The van der Waals surface area contributed by atoms with E-state index in [-0.39, 0.29) is 13.0 Å². The highest BCUT2D eigenvalue weighted by atomic mass is 16.4. The van der Waals surface area contributed by atoms with Gasteiger partial charge in [0.25, 0.3) is 0 Å². The molecule has 2 amide bonds. The van der Waals surface area contributed by atoms with E-state index in [1.807, 2.05) is 18.2 Å². The molecule has 1 aromatic heterocycles. The molecule has 2 rings (SSSR count). The van der Waals surface area contributed by atoms with Crippen LogP contribution in [0.1, 0.15) is 5.69 Å². The van der Waals surface area contributed by atoms with Crippen molar-refractivity contribution in [3.05, 3.63) is 36.0 Å². The number of anilines is 1. The number of carbonyl (C=O) groups excluding carboxylic acids is 2. The van der Waals surface area contributed by atoms with E-state index in [1.54, 1.807) is 12.1 Å². The molecule has 0 fully saturated rings. The number of benzene rings is 1. The molecule has 1 aromatic carbocycles. The summed E-state index contributed by atoms with van der Waals surface area (Å²) in [6.45, 7) is -0.776. The van der Waals surface area contributed by atoms with Gasteiger partial charge in [0.2, 0.25) is 11.8 Å². The fraction of sp³-hybridized carbons (Fsp3) is 0.200. The van der Waals surface area contributed by atoms with Gasteiger partial charge in [-0.3, -0.25) is 19.4 Å². The lowest BCUT2D eigenvalue weighted by Gasteiger charge is -2.07. The normalized spacial score (nSPS) is 10.3. The van der Waals surface area contributed by atoms with Crippen molar-refractivity contribution in [2.24, 2.45) is 0 Å². The number of carboxylic acids is 1. The van der Waals surface area contributed by atoms with Gasteiger partial charge in [-0.15, -0.1) is 0 Å². The summed E-state index contributed by atoms with van der Waals surface area (Å²) < 4.78 is 0. The fourth-order valence-corrected chi connectivity index (χ4v) is 1.95. The third-order valence-electron chi connectivity index (χ3n) is 3.03. The monoisotopic (exact) mass is 316 g/mol. The highest BCUT2D eigenvalue weighted by Crippen LogP contribution is 2.18. The SMILES string of the molecule is Nc1cccc2ccc(CC(=O)NCC(=O)NCC(=O)O)nc12. The van der Waals surface area contributed by atoms with E-state index in [0.29, 0.717) is 16.9 Å². The van der Waals surface area contributed by atoms with Crippen LogP contribution in [0.2, 0.25) is 0 Å². The summed E-state index contributed by atoms with van der Waals surface area (Å²) in [5.41, 5.74) is 7.52. The molecule has 1 heterocycles. The molecule has 0 saturated heterocycles. The second kappa shape index (κ2) is 7.21. The minimum atomic E-state index is -1.15. The number of rotatable bonds is 6. The minimum absolute atomic E-state index is 0.00349. The first kappa shape index (κ1) is 16.2. The van der Waals surface area contributed by atoms with Crippen LogP contribution in [0.3, 0.4) is 0 Å². The van der Waals surface area contributed by atoms with Crippen LogP contribution in [0.25, 0.3) is 10.9 Å². The summed E-state index contributed by atoms with van der Waals surface area (Å²) in [4.78, 5) is 37.7. The van der Waals surface area contributed by atoms with E-state index < -0.39 is 24.3 Å². The zero-order valence-corrected chi connectivity index (χ0v) is 12.2. The number of nitrogens with zero attached hydrogens (tertiary/aromatic N) is 1. The number of nitrogens with two attached hydrogens (primary N) is 1. The summed E-state index contributed by atoms with van der Waals surface area (Å²) in [5, 5.41) is 13.8. The number of fused-ring (bicyclic) bond motifs is 1. The predicted molar refractivity (Wildman–Crippen MR) is 83.5 cm³/mol. The van der Waals surface area contributed by atoms with Gasteiger partial charge in [0, 0.05) is 5.39 Å². The van der Waals surface area contributed by atoms with Crippen molar-refractivity contribution in [2.75, 3.05) is 18.8 Å². The molecule has 5 N–H and O–H groups in total. The molecule has 0 atom stereocenters. The molecule has 0 aliphatic rings. The maximum atomic E-state index is 11.8. The van der Waals surface area contributed by atoms with E-state index in [9.17, 15) is 14.4 Å². The number of hydrogen-bond donors (Lipinski definition) is 4. The molecule has 8 heteroatoms. The summed E-state index contributed by atoms with van der Waals surface area (Å²) >= 11 is 0. The molecule has 0 unspecified atom stereocenters. The lowest BCUT2D eigenvalue weighted by Crippen LogP contribution is -2.39. The number of carboxylic acid groups (broad SMARTS) is 1. The van der Waals surface area contributed by atoms with Crippen molar-refractivity contribution in [3.63, 3.8) is 0 Å². The lowest BCUT2D eigenvalue weighted by atomic mass is 10.1. The van der Waals surface area contributed by atoms with Crippen molar-refractivity contribution in [1.82, 2.24) is 15.6 Å². The Hall–Kier alpha value is -3.16. The molecule has 2 aromatic rings. The quantitative estimate of drug-likeness (QED) is 0.539. The fourth-order valence-electron chi connectivity index (χ4n) is 1.95. The van der Waals surface area contributed by atoms with Gasteiger partial charge < -0.3 is 21.5 Å². The van der Waals surface area contributed by atoms with Gasteiger partial charge >= 0.3 is 5.97 Å². The van der Waals surface area contributed by atoms with Crippen molar-refractivity contribution in [2.45, 2.75) is 6.42 Å². The molecular weight excluding hydrogens is 300 g/mol. The van der Waals surface area contributed by atoms with Gasteiger partial charge in [0.05, 0.1) is 29.9 Å². The first-order valence-electron chi connectivity index (χ1n) is 6.85. The first-order chi connectivity index (χ1) is 11.0. The van der Waals surface area contributed by atoms with E-state index in [1.165, 1.54) is 0 Å². The number of nitrogens with one attached hydrogen (secondary N) is 2. The maximum Gasteiger partial charge on any atom is 0.322 e. The van der Waals surface area contributed by atoms with Crippen molar-refractivity contribution in [3.8, 4) is 0 Å². The van der Waals surface area contributed by atoms with Crippen LogP contribution < -0.4 is 16.4 Å². The molecule has 0 bridgehead atoms. The van der Waals surface area contributed by atoms with E-state index in [0.717, 1.165) is 5.39 Å². The second-order valence-corrected chi connectivity index (χ2v) is 4.85. The third kappa shape index (κ3) is 4.67. The molecule has 0 aliphatic heterocycles. The lowest BCUT2D eigenvalue weighted by molar-refractivity contribution is -0.137. The van der Waals surface area contributed by atoms with Crippen molar-refractivity contribution < 1.29 is 19.5 Å². The Morgan fingerprint density at radius 3 is 2.52 bits per heavy atom. The number of carbonyl (C=O) groups is 3. The Balaban J connectivity index is 1.91. The van der Waals surface area contributed by atoms with Crippen LogP contribution in [0, 0.1) is 0 Å². The number of pyridine rings is 1. The molecule has 0 spiro atoms. The number of hydrogen-bond acceptors (Lipinski definition) is 5. The summed E-state index contributed by atoms with van der Waals surface area (Å²) in [5.74, 6) is -2.11. The van der Waals surface area contributed by atoms with Crippen molar-refractivity contribution >= 4 is 34.4 Å². The van der Waals surface area contributed by atoms with E-state index >= 15 is 0 Å². The van der Waals surface area contributed by atoms with E-state index in [4.69, 9.17) is 10.8 Å². The first-order valence-corrected chi connectivity index (χ1v) is 6.85. The maximum absolute atomic E-state index is 11.8. The average Bonchev–Trinajstić information content (AvgIpc) is 2.52. The van der Waals surface area contributed by atoms with Crippen LogP contribution in [-0.2, 0) is 20.8 Å². The van der Waals surface area contributed by atoms with Crippen LogP contribution in [-0.4, -0.2) is 41.0 Å². The second-order valence-electron chi connectivity index (χ2n) is 4.85. The summed E-state index contributed by atoms with van der Waals surface area (Å²) in [7, 11) is 0. The number of para-hydroxylation sites is 1. The smallest absolute Gasteiger partial charge is 0.322 e.